The molecular weight excluding hydrogens is 238 g/mol. The number of hydrogen-bond acceptors (Lipinski definition) is 3. The maximum Gasteiger partial charge on any atom is 0.222 e. The van der Waals surface area contributed by atoms with Gasteiger partial charge in [0.05, 0.1) is 0 Å². The zero-order valence-corrected chi connectivity index (χ0v) is 11.9. The number of aryl methyl sites for hydroxylation is 1. The highest BCUT2D eigenvalue weighted by Gasteiger charge is 2.17. The number of carbonyl (C=O) groups excluding carboxylic acids is 1. The van der Waals surface area contributed by atoms with Gasteiger partial charge < -0.3 is 15.5 Å². The maximum atomic E-state index is 11.6. The molecule has 1 aliphatic heterocycles. The fourth-order valence-electron chi connectivity index (χ4n) is 2.54. The molecule has 2 rings (SSSR count). The number of amides is 1. The third kappa shape index (κ3) is 3.40. The molecule has 19 heavy (non-hydrogen) atoms. The van der Waals surface area contributed by atoms with Gasteiger partial charge in [-0.05, 0) is 37.0 Å². The van der Waals surface area contributed by atoms with Crippen molar-refractivity contribution in [1.82, 2.24) is 4.90 Å². The standard InChI is InChI=1S/C15H23N3O/c1-17(2)15(19)6-4-10-18-9-3-5-12-7-8-13(16)11-14(12)18/h7-8,11H,3-6,9-10,16H2,1-2H3. The largest absolute Gasteiger partial charge is 0.399 e. The van der Waals surface area contributed by atoms with Gasteiger partial charge in [-0.2, -0.15) is 0 Å². The van der Waals surface area contributed by atoms with E-state index in [-0.39, 0.29) is 5.91 Å². The molecule has 1 aromatic rings. The van der Waals surface area contributed by atoms with Crippen molar-refractivity contribution >= 4 is 17.3 Å². The summed E-state index contributed by atoms with van der Waals surface area (Å²) in [5.74, 6) is 0.199. The van der Waals surface area contributed by atoms with E-state index in [1.165, 1.54) is 17.7 Å². The minimum absolute atomic E-state index is 0.199. The SMILES string of the molecule is CN(C)C(=O)CCCN1CCCc2ccc(N)cc21. The Morgan fingerprint density at radius 3 is 2.95 bits per heavy atom. The average molecular weight is 261 g/mol. The fourth-order valence-corrected chi connectivity index (χ4v) is 2.54. The normalized spacial score (nSPS) is 14.1. The Morgan fingerprint density at radius 1 is 1.42 bits per heavy atom. The molecule has 0 saturated carbocycles. The second-order valence-electron chi connectivity index (χ2n) is 5.37. The van der Waals surface area contributed by atoms with E-state index in [2.05, 4.69) is 17.0 Å². The Bertz CT molecular complexity index is 457. The van der Waals surface area contributed by atoms with Crippen LogP contribution < -0.4 is 10.6 Å². The topological polar surface area (TPSA) is 49.6 Å². The van der Waals surface area contributed by atoms with Gasteiger partial charge in [0.25, 0.3) is 0 Å². The molecule has 2 N–H and O–H groups in total. The third-order valence-corrected chi connectivity index (χ3v) is 3.64. The number of benzene rings is 1. The van der Waals surface area contributed by atoms with E-state index in [1.807, 2.05) is 6.07 Å². The predicted molar refractivity (Wildman–Crippen MR) is 79.3 cm³/mol. The Hall–Kier alpha value is -1.71. The lowest BCUT2D eigenvalue weighted by atomic mass is 10.0. The molecule has 104 valence electrons. The van der Waals surface area contributed by atoms with Gasteiger partial charge in [0.2, 0.25) is 5.91 Å². The van der Waals surface area contributed by atoms with Crippen molar-refractivity contribution in [3.8, 4) is 0 Å². The van der Waals surface area contributed by atoms with Crippen molar-refractivity contribution in [2.24, 2.45) is 0 Å². The maximum absolute atomic E-state index is 11.6. The first-order valence-electron chi connectivity index (χ1n) is 6.91. The molecule has 0 bridgehead atoms. The van der Waals surface area contributed by atoms with E-state index in [0.29, 0.717) is 6.42 Å². The second-order valence-corrected chi connectivity index (χ2v) is 5.37. The van der Waals surface area contributed by atoms with Crippen LogP contribution in [0.3, 0.4) is 0 Å². The molecule has 0 spiro atoms. The lowest BCUT2D eigenvalue weighted by Crippen LogP contribution is -2.31. The first-order valence-corrected chi connectivity index (χ1v) is 6.91. The number of hydrogen-bond donors (Lipinski definition) is 1. The van der Waals surface area contributed by atoms with Crippen LogP contribution in [-0.2, 0) is 11.2 Å². The number of anilines is 2. The van der Waals surface area contributed by atoms with Gasteiger partial charge in [0, 0.05) is 45.0 Å². The molecule has 0 aromatic heterocycles. The Morgan fingerprint density at radius 2 is 2.21 bits per heavy atom. The summed E-state index contributed by atoms with van der Waals surface area (Å²) in [6.45, 7) is 1.99. The van der Waals surface area contributed by atoms with Gasteiger partial charge in [-0.15, -0.1) is 0 Å². The van der Waals surface area contributed by atoms with Gasteiger partial charge in [-0.1, -0.05) is 6.07 Å². The highest BCUT2D eigenvalue weighted by atomic mass is 16.2. The summed E-state index contributed by atoms with van der Waals surface area (Å²) in [7, 11) is 3.61. The smallest absolute Gasteiger partial charge is 0.222 e. The minimum atomic E-state index is 0.199. The van der Waals surface area contributed by atoms with Gasteiger partial charge in [0.1, 0.15) is 0 Å². The van der Waals surface area contributed by atoms with E-state index in [9.17, 15) is 4.79 Å². The monoisotopic (exact) mass is 261 g/mol. The molecule has 0 atom stereocenters. The van der Waals surface area contributed by atoms with Crippen LogP contribution in [0.4, 0.5) is 11.4 Å². The summed E-state index contributed by atoms with van der Waals surface area (Å²) in [5, 5.41) is 0. The number of fused-ring (bicyclic) bond motifs is 1. The summed E-state index contributed by atoms with van der Waals surface area (Å²) in [6, 6.07) is 6.15. The first-order chi connectivity index (χ1) is 9.08. The summed E-state index contributed by atoms with van der Waals surface area (Å²) in [6.07, 6.45) is 3.81. The summed E-state index contributed by atoms with van der Waals surface area (Å²) >= 11 is 0. The van der Waals surface area contributed by atoms with Crippen LogP contribution in [0.25, 0.3) is 0 Å². The van der Waals surface area contributed by atoms with Crippen molar-refractivity contribution < 1.29 is 4.79 Å². The van der Waals surface area contributed by atoms with E-state index in [4.69, 9.17) is 5.73 Å². The molecule has 1 aliphatic rings. The molecule has 0 saturated heterocycles. The van der Waals surface area contributed by atoms with Crippen molar-refractivity contribution in [3.05, 3.63) is 23.8 Å². The molecule has 0 fully saturated rings. The van der Waals surface area contributed by atoms with Crippen LogP contribution in [0.5, 0.6) is 0 Å². The second kappa shape index (κ2) is 5.95. The van der Waals surface area contributed by atoms with E-state index >= 15 is 0 Å². The van der Waals surface area contributed by atoms with E-state index in [1.54, 1.807) is 19.0 Å². The van der Waals surface area contributed by atoms with Crippen molar-refractivity contribution in [2.75, 3.05) is 37.8 Å². The van der Waals surface area contributed by atoms with E-state index < -0.39 is 0 Å². The van der Waals surface area contributed by atoms with E-state index in [0.717, 1.165) is 31.6 Å². The van der Waals surface area contributed by atoms with Gasteiger partial charge >= 0.3 is 0 Å². The molecule has 0 aliphatic carbocycles. The van der Waals surface area contributed by atoms with Crippen LogP contribution in [0.1, 0.15) is 24.8 Å². The zero-order chi connectivity index (χ0) is 13.8. The minimum Gasteiger partial charge on any atom is -0.399 e. The Labute approximate surface area is 115 Å². The highest BCUT2D eigenvalue weighted by Crippen LogP contribution is 2.29. The summed E-state index contributed by atoms with van der Waals surface area (Å²) in [4.78, 5) is 15.6. The highest BCUT2D eigenvalue weighted by molar-refractivity contribution is 5.75. The number of nitrogens with zero attached hydrogens (tertiary/aromatic N) is 2. The van der Waals surface area contributed by atoms with Crippen LogP contribution in [0.15, 0.2) is 18.2 Å². The zero-order valence-electron chi connectivity index (χ0n) is 11.9. The number of carbonyl (C=O) groups is 1. The summed E-state index contributed by atoms with van der Waals surface area (Å²) < 4.78 is 0. The molecule has 1 amide bonds. The fraction of sp³-hybridized carbons (Fsp3) is 0.533. The summed E-state index contributed by atoms with van der Waals surface area (Å²) in [5.41, 5.74) is 9.32. The van der Waals surface area contributed by atoms with Gasteiger partial charge in [-0.3, -0.25) is 4.79 Å². The van der Waals surface area contributed by atoms with Crippen LogP contribution in [0, 0.1) is 0 Å². The number of nitrogens with two attached hydrogens (primary N) is 1. The molecule has 0 radical (unpaired) electrons. The third-order valence-electron chi connectivity index (χ3n) is 3.64. The van der Waals surface area contributed by atoms with Crippen LogP contribution >= 0.6 is 0 Å². The number of rotatable bonds is 4. The molecule has 4 nitrogen and oxygen atoms in total. The number of nitrogen functional groups attached to an aromatic ring is 1. The quantitative estimate of drug-likeness (QED) is 0.842. The van der Waals surface area contributed by atoms with Crippen molar-refractivity contribution in [1.29, 1.82) is 0 Å². The first kappa shape index (κ1) is 13.7. The predicted octanol–water partition coefficient (Wildman–Crippen LogP) is 1.89. The van der Waals surface area contributed by atoms with Crippen molar-refractivity contribution in [3.63, 3.8) is 0 Å². The Balaban J connectivity index is 1.96. The molecule has 0 unspecified atom stereocenters. The lowest BCUT2D eigenvalue weighted by molar-refractivity contribution is -0.128. The van der Waals surface area contributed by atoms with Crippen LogP contribution in [-0.4, -0.2) is 38.0 Å². The lowest BCUT2D eigenvalue weighted by Gasteiger charge is -2.31. The Kier molecular flexibility index (Phi) is 4.30. The molecule has 4 heteroatoms. The molecule has 1 aromatic carbocycles. The molecule has 1 heterocycles. The van der Waals surface area contributed by atoms with Gasteiger partial charge in [0.15, 0.2) is 0 Å². The average Bonchev–Trinajstić information content (AvgIpc) is 2.39. The van der Waals surface area contributed by atoms with Gasteiger partial charge in [-0.25, -0.2) is 0 Å². The van der Waals surface area contributed by atoms with Crippen molar-refractivity contribution in [2.45, 2.75) is 25.7 Å². The van der Waals surface area contributed by atoms with Crippen LogP contribution in [0.2, 0.25) is 0 Å². The molecular formula is C15H23N3O.